The van der Waals surface area contributed by atoms with E-state index in [1.807, 2.05) is 100 Å². The minimum absolute atomic E-state index is 0.116. The van der Waals surface area contributed by atoms with Crippen molar-refractivity contribution in [2.45, 2.75) is 103 Å². The number of carbonyl (C=O) groups is 5. The predicted octanol–water partition coefficient (Wildman–Crippen LogP) is 2.80. The zero-order valence-electron chi connectivity index (χ0n) is 37.2. The van der Waals surface area contributed by atoms with Crippen LogP contribution in [0, 0.1) is 11.8 Å². The number of aryl methyl sites for hydroxylation is 1. The summed E-state index contributed by atoms with van der Waals surface area (Å²) in [6, 6.07) is 15.2. The molecule has 0 spiro atoms. The van der Waals surface area contributed by atoms with Gasteiger partial charge >= 0.3 is 6.03 Å². The van der Waals surface area contributed by atoms with Crippen LogP contribution in [-0.4, -0.2) is 141 Å². The van der Waals surface area contributed by atoms with Crippen molar-refractivity contribution in [3.05, 3.63) is 71.8 Å². The number of hydrazone groups is 1. The molecule has 6 amide bonds. The number of morpholine rings is 2. The molecule has 3 aliphatic rings. The molecule has 5 N–H and O–H groups in total. The first-order valence-corrected chi connectivity index (χ1v) is 22.2. The van der Waals surface area contributed by atoms with E-state index in [1.165, 1.54) is 0 Å². The number of nitrogens with zero attached hydrogens (tertiary/aromatic N) is 3. The Hall–Kier alpha value is -4.90. The van der Waals surface area contributed by atoms with E-state index in [0.717, 1.165) is 11.1 Å². The molecule has 0 aliphatic carbocycles. The molecule has 0 saturated carbocycles. The lowest BCUT2D eigenvalue weighted by Crippen LogP contribution is -2.59. The molecule has 3 fully saturated rings. The Bertz CT molecular complexity index is 1780. The van der Waals surface area contributed by atoms with Crippen molar-refractivity contribution < 1.29 is 38.2 Å². The van der Waals surface area contributed by atoms with Gasteiger partial charge in [0.2, 0.25) is 23.6 Å². The number of nitrogens with one attached hydrogen (secondary N) is 5. The van der Waals surface area contributed by atoms with Crippen molar-refractivity contribution >= 4 is 35.4 Å². The molecule has 3 saturated heterocycles. The second kappa shape index (κ2) is 24.1. The van der Waals surface area contributed by atoms with Crippen molar-refractivity contribution in [1.29, 1.82) is 0 Å². The summed E-state index contributed by atoms with van der Waals surface area (Å²) in [5, 5.41) is 16.7. The second-order valence-corrected chi connectivity index (χ2v) is 17.5. The van der Waals surface area contributed by atoms with Crippen LogP contribution < -0.4 is 26.7 Å². The Labute approximate surface area is 366 Å². The van der Waals surface area contributed by atoms with Gasteiger partial charge in [-0.1, -0.05) is 88.4 Å². The largest absolute Gasteiger partial charge is 0.379 e. The van der Waals surface area contributed by atoms with Crippen molar-refractivity contribution in [1.82, 2.24) is 36.5 Å². The van der Waals surface area contributed by atoms with Gasteiger partial charge < -0.3 is 40.4 Å². The monoisotopic (exact) mass is 861 g/mol. The van der Waals surface area contributed by atoms with Crippen LogP contribution in [0.15, 0.2) is 65.8 Å². The highest BCUT2D eigenvalue weighted by Gasteiger charge is 2.49. The third kappa shape index (κ3) is 15.8. The fourth-order valence-corrected chi connectivity index (χ4v) is 7.55. The van der Waals surface area contributed by atoms with E-state index in [-0.39, 0.29) is 36.7 Å². The summed E-state index contributed by atoms with van der Waals surface area (Å²) in [6.07, 6.45) is 2.44. The van der Waals surface area contributed by atoms with Gasteiger partial charge in [0.05, 0.1) is 51.3 Å². The quantitative estimate of drug-likeness (QED) is 0.0673. The van der Waals surface area contributed by atoms with Gasteiger partial charge in [-0.2, -0.15) is 5.10 Å². The highest BCUT2D eigenvalue weighted by molar-refractivity contribution is 6.02. The average molecular weight is 861 g/mol. The van der Waals surface area contributed by atoms with Crippen LogP contribution in [0.1, 0.15) is 71.4 Å². The van der Waals surface area contributed by atoms with Gasteiger partial charge in [-0.25, -0.2) is 10.2 Å². The molecule has 16 nitrogen and oxygen atoms in total. The van der Waals surface area contributed by atoms with Crippen molar-refractivity contribution in [3.8, 4) is 0 Å². The van der Waals surface area contributed by atoms with Crippen LogP contribution in [0.25, 0.3) is 0 Å². The van der Waals surface area contributed by atoms with Gasteiger partial charge in [-0.15, -0.1) is 0 Å². The maximum atomic E-state index is 14.6. The van der Waals surface area contributed by atoms with E-state index in [1.54, 1.807) is 4.90 Å². The van der Waals surface area contributed by atoms with Crippen molar-refractivity contribution in [2.75, 3.05) is 65.8 Å². The van der Waals surface area contributed by atoms with Crippen molar-refractivity contribution in [2.24, 2.45) is 16.9 Å². The molecule has 340 valence electrons. The molecule has 3 heterocycles. The third-order valence-corrected chi connectivity index (χ3v) is 11.3. The molecule has 5 rings (SSSR count). The maximum Gasteiger partial charge on any atom is 0.337 e. The second-order valence-electron chi connectivity index (χ2n) is 17.5. The fraction of sp³-hybridized carbons (Fsp3) is 0.609. The lowest BCUT2D eigenvalue weighted by Gasteiger charge is -2.30. The van der Waals surface area contributed by atoms with Gasteiger partial charge in [0.1, 0.15) is 23.7 Å². The van der Waals surface area contributed by atoms with Gasteiger partial charge in [-0.05, 0) is 62.0 Å². The molecule has 0 bridgehead atoms. The Morgan fingerprint density at radius 1 is 0.661 bits per heavy atom. The summed E-state index contributed by atoms with van der Waals surface area (Å²) >= 11 is 0. The standard InChI is InChI=1S/C46H68N8O8/c1-32(2)16-18-37(48-42(56)36(19-17-34-12-8-6-9-13-34)47-40(55)30-53-20-24-60-25-21-53)43(57)50-39(29-35-14-10-7-11-15-35)44(58)49-38(28-33(3)4)41(46(5)31-62-46)51-52-45(59)54-22-26-61-27-23-54/h6-15,32-33,36-39H,16-31H2,1-5H3,(H,47,55)(H,48,56)(H,49,58)(H,50,57)(H,52,59)/b51-41-/t36-,37-,38?,39-,46+/m0/s1. The number of amides is 6. The van der Waals surface area contributed by atoms with Crippen molar-refractivity contribution in [3.63, 3.8) is 0 Å². The van der Waals surface area contributed by atoms with Crippen LogP contribution in [-0.2, 0) is 46.2 Å². The molecule has 16 heteroatoms. The van der Waals surface area contributed by atoms with Crippen LogP contribution >= 0.6 is 0 Å². The fourth-order valence-electron chi connectivity index (χ4n) is 7.55. The molecule has 0 aromatic heterocycles. The smallest absolute Gasteiger partial charge is 0.337 e. The number of urea groups is 1. The summed E-state index contributed by atoms with van der Waals surface area (Å²) in [5.41, 5.74) is 4.20. The van der Waals surface area contributed by atoms with E-state index in [2.05, 4.69) is 31.8 Å². The van der Waals surface area contributed by atoms with Gasteiger partial charge in [0, 0.05) is 32.6 Å². The molecule has 3 aliphatic heterocycles. The first-order chi connectivity index (χ1) is 29.8. The third-order valence-electron chi connectivity index (χ3n) is 11.3. The first-order valence-electron chi connectivity index (χ1n) is 22.2. The summed E-state index contributed by atoms with van der Waals surface area (Å²) in [5.74, 6) is -1.39. The Morgan fingerprint density at radius 3 is 1.77 bits per heavy atom. The molecule has 2 aromatic carbocycles. The SMILES string of the molecule is CC(C)CC[C@H](NC(=O)[C@H](CCc1ccccc1)NC(=O)CN1CCOCC1)C(=O)N[C@@H](Cc1ccccc1)C(=O)NC(CC(C)C)/C(=N/NC(=O)N1CCOCC1)[C@@]1(C)CO1. The minimum Gasteiger partial charge on any atom is -0.379 e. The molecule has 0 radical (unpaired) electrons. The van der Waals surface area contributed by atoms with Crippen LogP contribution in [0.5, 0.6) is 0 Å². The molecule has 5 atom stereocenters. The van der Waals surface area contributed by atoms with E-state index in [4.69, 9.17) is 14.2 Å². The summed E-state index contributed by atoms with van der Waals surface area (Å²) in [4.78, 5) is 73.3. The Morgan fingerprint density at radius 2 is 1.19 bits per heavy atom. The number of rotatable bonds is 22. The number of benzene rings is 2. The molecular formula is C46H68N8O8. The predicted molar refractivity (Wildman–Crippen MR) is 236 cm³/mol. The summed E-state index contributed by atoms with van der Waals surface area (Å²) < 4.78 is 16.7. The van der Waals surface area contributed by atoms with E-state index >= 15 is 0 Å². The van der Waals surface area contributed by atoms with Gasteiger partial charge in [0.15, 0.2) is 0 Å². The van der Waals surface area contributed by atoms with E-state index in [9.17, 15) is 24.0 Å². The maximum absolute atomic E-state index is 14.6. The topological polar surface area (TPSA) is 195 Å². The number of carbonyl (C=O) groups excluding carboxylic acids is 5. The Kier molecular flexibility index (Phi) is 18.7. The zero-order chi connectivity index (χ0) is 44.5. The lowest BCUT2D eigenvalue weighted by atomic mass is 9.92. The molecule has 62 heavy (non-hydrogen) atoms. The highest BCUT2D eigenvalue weighted by atomic mass is 16.6. The van der Waals surface area contributed by atoms with Crippen LogP contribution in [0.3, 0.4) is 0 Å². The molecule has 2 aromatic rings. The van der Waals surface area contributed by atoms with Crippen LogP contribution in [0.2, 0.25) is 0 Å². The van der Waals surface area contributed by atoms with Gasteiger partial charge in [-0.3, -0.25) is 24.1 Å². The molecular weight excluding hydrogens is 793 g/mol. The number of epoxide rings is 1. The number of hydrogen-bond donors (Lipinski definition) is 5. The van der Waals surface area contributed by atoms with Gasteiger partial charge in [0.25, 0.3) is 0 Å². The van der Waals surface area contributed by atoms with E-state index in [0.29, 0.717) is 97.0 Å². The number of ether oxygens (including phenoxy) is 3. The summed E-state index contributed by atoms with van der Waals surface area (Å²) in [7, 11) is 0. The normalized spacial score (nSPS) is 20.1. The highest BCUT2D eigenvalue weighted by Crippen LogP contribution is 2.31. The zero-order valence-corrected chi connectivity index (χ0v) is 37.2. The Balaban J connectivity index is 1.36. The first kappa shape index (κ1) is 48.1. The number of hydrogen-bond acceptors (Lipinski definition) is 10. The minimum atomic E-state index is -1.04. The lowest BCUT2D eigenvalue weighted by molar-refractivity contribution is -0.134. The van der Waals surface area contributed by atoms with E-state index < -0.39 is 47.5 Å². The van der Waals surface area contributed by atoms with Crippen LogP contribution in [0.4, 0.5) is 4.79 Å². The summed E-state index contributed by atoms with van der Waals surface area (Å²) in [6.45, 7) is 14.6. The average Bonchev–Trinajstić information content (AvgIpc) is 4.01. The molecule has 1 unspecified atom stereocenters.